The van der Waals surface area contributed by atoms with E-state index >= 15 is 0 Å². The molecule has 154 valence electrons. The number of aromatic nitrogens is 1. The average Bonchev–Trinajstić information content (AvgIpc) is 3.08. The van der Waals surface area contributed by atoms with Crippen LogP contribution in [-0.2, 0) is 6.54 Å². The van der Waals surface area contributed by atoms with Gasteiger partial charge in [0.1, 0.15) is 5.01 Å². The first-order valence-electron chi connectivity index (χ1n) is 9.43. The van der Waals surface area contributed by atoms with E-state index in [1.807, 2.05) is 37.8 Å². The lowest BCUT2D eigenvalue weighted by Crippen LogP contribution is -2.48. The number of hydrogen-bond donors (Lipinski definition) is 0. The van der Waals surface area contributed by atoms with Crippen molar-refractivity contribution in [3.8, 4) is 11.5 Å². The van der Waals surface area contributed by atoms with Gasteiger partial charge in [0.25, 0.3) is 5.91 Å². The molecule has 0 radical (unpaired) electrons. The minimum atomic E-state index is 0. The molecule has 0 aliphatic carbocycles. The van der Waals surface area contributed by atoms with E-state index in [9.17, 15) is 4.79 Å². The first-order chi connectivity index (χ1) is 13.1. The largest absolute Gasteiger partial charge is 0.490 e. The molecule has 2 aromatic rings. The molecule has 0 N–H and O–H groups in total. The number of ether oxygens (including phenoxy) is 2. The lowest BCUT2D eigenvalue weighted by Gasteiger charge is -2.34. The summed E-state index contributed by atoms with van der Waals surface area (Å²) in [5.41, 5.74) is 1.72. The molecule has 1 aliphatic rings. The topological polar surface area (TPSA) is 54.9 Å². The Morgan fingerprint density at radius 1 is 1.11 bits per heavy atom. The molecule has 1 aliphatic heterocycles. The van der Waals surface area contributed by atoms with Crippen LogP contribution in [0.3, 0.4) is 0 Å². The zero-order chi connectivity index (χ0) is 19.2. The Labute approximate surface area is 176 Å². The number of piperazine rings is 1. The highest BCUT2D eigenvalue weighted by atomic mass is 35.5. The quantitative estimate of drug-likeness (QED) is 0.678. The van der Waals surface area contributed by atoms with Crippen molar-refractivity contribution < 1.29 is 14.3 Å². The zero-order valence-corrected chi connectivity index (χ0v) is 18.3. The van der Waals surface area contributed by atoms with Crippen molar-refractivity contribution in [3.05, 3.63) is 39.8 Å². The van der Waals surface area contributed by atoms with E-state index in [1.165, 1.54) is 0 Å². The van der Waals surface area contributed by atoms with Crippen LogP contribution in [0.15, 0.2) is 23.6 Å². The minimum absolute atomic E-state index is 0. The van der Waals surface area contributed by atoms with Gasteiger partial charge in [0.05, 0.1) is 19.8 Å². The molecule has 1 aromatic carbocycles. The maximum Gasteiger partial charge on any atom is 0.254 e. The fourth-order valence-electron chi connectivity index (χ4n) is 3.14. The van der Waals surface area contributed by atoms with Crippen LogP contribution in [0.25, 0.3) is 0 Å². The number of halogens is 1. The van der Waals surface area contributed by atoms with Gasteiger partial charge in [-0.1, -0.05) is 0 Å². The number of aryl methyl sites for hydroxylation is 1. The number of rotatable bonds is 7. The number of thiazole rings is 1. The molecule has 0 saturated carbocycles. The molecular weight excluding hydrogens is 398 g/mol. The van der Waals surface area contributed by atoms with E-state index in [0.29, 0.717) is 30.3 Å². The number of hydrogen-bond acceptors (Lipinski definition) is 6. The molecule has 0 unspecified atom stereocenters. The highest BCUT2D eigenvalue weighted by Crippen LogP contribution is 2.29. The van der Waals surface area contributed by atoms with Crippen molar-refractivity contribution in [3.63, 3.8) is 0 Å². The van der Waals surface area contributed by atoms with Gasteiger partial charge in [0, 0.05) is 42.8 Å². The van der Waals surface area contributed by atoms with Crippen molar-refractivity contribution in [1.82, 2.24) is 14.8 Å². The summed E-state index contributed by atoms with van der Waals surface area (Å²) in [6.07, 6.45) is 0. The molecule has 1 amide bonds. The van der Waals surface area contributed by atoms with Crippen LogP contribution in [0, 0.1) is 6.92 Å². The van der Waals surface area contributed by atoms with Crippen LogP contribution in [0.2, 0.25) is 0 Å². The number of amides is 1. The Morgan fingerprint density at radius 2 is 1.79 bits per heavy atom. The van der Waals surface area contributed by atoms with Gasteiger partial charge in [0.15, 0.2) is 11.5 Å². The van der Waals surface area contributed by atoms with Gasteiger partial charge in [-0.15, -0.1) is 23.7 Å². The fraction of sp³-hybridized carbons (Fsp3) is 0.500. The van der Waals surface area contributed by atoms with Gasteiger partial charge in [-0.25, -0.2) is 4.98 Å². The van der Waals surface area contributed by atoms with E-state index in [1.54, 1.807) is 17.4 Å². The predicted octanol–water partition coefficient (Wildman–Crippen LogP) is 3.63. The van der Waals surface area contributed by atoms with E-state index in [2.05, 4.69) is 15.3 Å². The Bertz CT molecular complexity index is 776. The molecule has 3 rings (SSSR count). The number of nitrogens with zero attached hydrogens (tertiary/aromatic N) is 3. The normalized spacial score (nSPS) is 14.5. The second kappa shape index (κ2) is 10.6. The van der Waals surface area contributed by atoms with Gasteiger partial charge in [0.2, 0.25) is 0 Å². The van der Waals surface area contributed by atoms with Crippen molar-refractivity contribution in [2.75, 3.05) is 39.4 Å². The summed E-state index contributed by atoms with van der Waals surface area (Å²) in [5, 5.41) is 3.22. The predicted molar refractivity (Wildman–Crippen MR) is 114 cm³/mol. The first kappa shape index (κ1) is 22.5. The molecule has 8 heteroatoms. The standard InChI is InChI=1S/C20H27N3O3S.ClH/c1-4-25-17-7-6-16(12-18(17)26-5-2)20(24)23-10-8-22(9-11-23)13-19-21-15(3)14-27-19;/h6-7,12,14H,4-5,8-11,13H2,1-3H3;1H. The summed E-state index contributed by atoms with van der Waals surface area (Å²) in [6, 6.07) is 5.44. The highest BCUT2D eigenvalue weighted by Gasteiger charge is 2.23. The number of benzene rings is 1. The molecule has 0 atom stereocenters. The molecule has 2 heterocycles. The van der Waals surface area contributed by atoms with Gasteiger partial charge in [-0.3, -0.25) is 9.69 Å². The van der Waals surface area contributed by atoms with Crippen molar-refractivity contribution in [2.45, 2.75) is 27.3 Å². The lowest BCUT2D eigenvalue weighted by molar-refractivity contribution is 0.0628. The summed E-state index contributed by atoms with van der Waals surface area (Å²) >= 11 is 1.70. The summed E-state index contributed by atoms with van der Waals surface area (Å²) in [7, 11) is 0. The molecule has 0 bridgehead atoms. The van der Waals surface area contributed by atoms with Crippen molar-refractivity contribution in [1.29, 1.82) is 0 Å². The van der Waals surface area contributed by atoms with Gasteiger partial charge < -0.3 is 14.4 Å². The molecule has 0 spiro atoms. The van der Waals surface area contributed by atoms with Gasteiger partial charge >= 0.3 is 0 Å². The Morgan fingerprint density at radius 3 is 2.39 bits per heavy atom. The van der Waals surface area contributed by atoms with E-state index in [4.69, 9.17) is 9.47 Å². The third-order valence-corrected chi connectivity index (χ3v) is 5.43. The minimum Gasteiger partial charge on any atom is -0.490 e. The van der Waals surface area contributed by atoms with Crippen LogP contribution < -0.4 is 9.47 Å². The van der Waals surface area contributed by atoms with Crippen LogP contribution in [0.5, 0.6) is 11.5 Å². The highest BCUT2D eigenvalue weighted by molar-refractivity contribution is 7.09. The molecule has 28 heavy (non-hydrogen) atoms. The summed E-state index contributed by atoms with van der Waals surface area (Å²) < 4.78 is 11.2. The maximum absolute atomic E-state index is 12.9. The van der Waals surface area contributed by atoms with E-state index in [-0.39, 0.29) is 18.3 Å². The Balaban J connectivity index is 0.00000280. The van der Waals surface area contributed by atoms with Crippen molar-refractivity contribution in [2.24, 2.45) is 0 Å². The van der Waals surface area contributed by atoms with Crippen LogP contribution >= 0.6 is 23.7 Å². The molecular formula is C20H28ClN3O3S. The summed E-state index contributed by atoms with van der Waals surface area (Å²) in [6.45, 7) is 11.0. The monoisotopic (exact) mass is 425 g/mol. The molecule has 1 saturated heterocycles. The van der Waals surface area contributed by atoms with Crippen molar-refractivity contribution >= 4 is 29.7 Å². The van der Waals surface area contributed by atoms with E-state index in [0.717, 1.165) is 43.4 Å². The van der Waals surface area contributed by atoms with Gasteiger partial charge in [-0.05, 0) is 39.0 Å². The molecule has 1 aromatic heterocycles. The molecule has 1 fully saturated rings. The third-order valence-electron chi connectivity index (χ3n) is 4.48. The number of carbonyl (C=O) groups is 1. The fourth-order valence-corrected chi connectivity index (χ4v) is 3.96. The molecule has 6 nitrogen and oxygen atoms in total. The van der Waals surface area contributed by atoms with Gasteiger partial charge in [-0.2, -0.15) is 0 Å². The average molecular weight is 426 g/mol. The van der Waals surface area contributed by atoms with Crippen LogP contribution in [0.1, 0.15) is 34.9 Å². The number of carbonyl (C=O) groups excluding carboxylic acids is 1. The maximum atomic E-state index is 12.9. The Kier molecular flexibility index (Phi) is 8.54. The zero-order valence-electron chi connectivity index (χ0n) is 16.6. The third kappa shape index (κ3) is 5.59. The first-order valence-corrected chi connectivity index (χ1v) is 10.3. The Hall–Kier alpha value is -1.83. The van der Waals surface area contributed by atoms with Crippen LogP contribution in [-0.4, -0.2) is 60.1 Å². The second-order valence-corrected chi connectivity index (χ2v) is 7.42. The smallest absolute Gasteiger partial charge is 0.254 e. The SMILES string of the molecule is CCOc1ccc(C(=O)N2CCN(Cc3nc(C)cs3)CC2)cc1OCC.Cl. The van der Waals surface area contributed by atoms with Crippen LogP contribution in [0.4, 0.5) is 0 Å². The second-order valence-electron chi connectivity index (χ2n) is 6.48. The van der Waals surface area contributed by atoms with E-state index < -0.39 is 0 Å². The summed E-state index contributed by atoms with van der Waals surface area (Å²) in [4.78, 5) is 21.7. The summed E-state index contributed by atoms with van der Waals surface area (Å²) in [5.74, 6) is 1.35. The lowest BCUT2D eigenvalue weighted by atomic mass is 10.1.